The molecule has 2 aromatic carbocycles. The number of aliphatic hydroxyl groups is 1. The highest BCUT2D eigenvalue weighted by atomic mass is 35.5. The molecular formula is C16H15ClO2. The second-order valence-corrected chi connectivity index (χ2v) is 4.65. The van der Waals surface area contributed by atoms with Crippen molar-refractivity contribution in [3.8, 4) is 0 Å². The Kier molecular flexibility index (Phi) is 4.72. The van der Waals surface area contributed by atoms with Crippen molar-refractivity contribution < 1.29 is 9.90 Å². The largest absolute Gasteiger partial charge is 0.380 e. The molecule has 0 saturated heterocycles. The molecule has 0 aliphatic carbocycles. The van der Waals surface area contributed by atoms with Crippen LogP contribution in [0.4, 0.5) is 0 Å². The summed E-state index contributed by atoms with van der Waals surface area (Å²) in [5, 5.41) is 10.2. The van der Waals surface area contributed by atoms with E-state index < -0.39 is 6.10 Å². The Morgan fingerprint density at radius 2 is 1.68 bits per heavy atom. The lowest BCUT2D eigenvalue weighted by Gasteiger charge is -2.12. The summed E-state index contributed by atoms with van der Waals surface area (Å²) in [6.45, 7) is 0. The molecule has 1 unspecified atom stereocenters. The first-order valence-corrected chi connectivity index (χ1v) is 6.68. The predicted octanol–water partition coefficient (Wildman–Crippen LogP) is 3.38. The van der Waals surface area contributed by atoms with E-state index in [0.717, 1.165) is 5.56 Å². The van der Waals surface area contributed by atoms with Crippen LogP contribution in [0, 0.1) is 0 Å². The molecule has 19 heavy (non-hydrogen) atoms. The molecule has 0 fully saturated rings. The smallest absolute Gasteiger partial charge is 0.196 e. The van der Waals surface area contributed by atoms with Gasteiger partial charge in [-0.25, -0.2) is 0 Å². The summed E-state index contributed by atoms with van der Waals surface area (Å²) < 4.78 is 0. The number of aliphatic hydroxyl groups excluding tert-OH is 1. The van der Waals surface area contributed by atoms with Crippen LogP contribution in [0.25, 0.3) is 0 Å². The quantitative estimate of drug-likeness (QED) is 0.670. The van der Waals surface area contributed by atoms with Gasteiger partial charge in [0.05, 0.1) is 0 Å². The van der Waals surface area contributed by atoms with Gasteiger partial charge in [-0.15, -0.1) is 11.6 Å². The number of ketones is 1. The van der Waals surface area contributed by atoms with Gasteiger partial charge in [0, 0.05) is 11.4 Å². The van der Waals surface area contributed by atoms with Crippen molar-refractivity contribution in [1.82, 2.24) is 0 Å². The van der Waals surface area contributed by atoms with E-state index in [-0.39, 0.29) is 5.78 Å². The minimum absolute atomic E-state index is 0.285. The summed E-state index contributed by atoms with van der Waals surface area (Å²) in [6, 6.07) is 16.2. The van der Waals surface area contributed by atoms with Crippen LogP contribution in [0.1, 0.15) is 27.6 Å². The third-order valence-electron chi connectivity index (χ3n) is 3.01. The summed E-state index contributed by atoms with van der Waals surface area (Å²) in [5.41, 5.74) is 2.02. The maximum Gasteiger partial charge on any atom is 0.196 e. The van der Waals surface area contributed by atoms with Crippen molar-refractivity contribution in [3.05, 3.63) is 71.3 Å². The summed E-state index contributed by atoms with van der Waals surface area (Å²) >= 11 is 5.74. The maximum atomic E-state index is 12.3. The van der Waals surface area contributed by atoms with E-state index >= 15 is 0 Å². The van der Waals surface area contributed by atoms with Crippen molar-refractivity contribution in [1.29, 1.82) is 0 Å². The summed E-state index contributed by atoms with van der Waals surface area (Å²) in [5.74, 6) is 0.165. The van der Waals surface area contributed by atoms with Gasteiger partial charge in [0.1, 0.15) is 6.10 Å². The minimum Gasteiger partial charge on any atom is -0.380 e. The number of halogens is 1. The molecule has 3 heteroatoms. The van der Waals surface area contributed by atoms with Crippen molar-refractivity contribution in [3.63, 3.8) is 0 Å². The maximum absolute atomic E-state index is 12.3. The second-order valence-electron chi connectivity index (χ2n) is 4.27. The fraction of sp³-hybridized carbons (Fsp3) is 0.188. The first-order chi connectivity index (χ1) is 9.24. The SMILES string of the molecule is O=C(c1ccccc1CCCl)C(O)c1ccccc1. The highest BCUT2D eigenvalue weighted by Gasteiger charge is 2.20. The van der Waals surface area contributed by atoms with E-state index in [9.17, 15) is 9.90 Å². The number of carbonyl (C=O) groups is 1. The number of Topliss-reactive ketones (excluding diaryl/α,β-unsaturated/α-hetero) is 1. The lowest BCUT2D eigenvalue weighted by Crippen LogP contribution is -2.14. The van der Waals surface area contributed by atoms with Crippen molar-refractivity contribution in [2.24, 2.45) is 0 Å². The topological polar surface area (TPSA) is 37.3 Å². The van der Waals surface area contributed by atoms with E-state index in [4.69, 9.17) is 11.6 Å². The summed E-state index contributed by atoms with van der Waals surface area (Å²) in [4.78, 5) is 12.3. The van der Waals surface area contributed by atoms with Crippen molar-refractivity contribution in [2.75, 3.05) is 5.88 Å². The van der Waals surface area contributed by atoms with Crippen LogP contribution in [0.3, 0.4) is 0 Å². The molecule has 0 radical (unpaired) electrons. The fourth-order valence-electron chi connectivity index (χ4n) is 2.01. The van der Waals surface area contributed by atoms with Gasteiger partial charge in [-0.2, -0.15) is 0 Å². The Labute approximate surface area is 117 Å². The molecule has 1 N–H and O–H groups in total. The van der Waals surface area contributed by atoms with Crippen LogP contribution < -0.4 is 0 Å². The monoisotopic (exact) mass is 274 g/mol. The lowest BCUT2D eigenvalue weighted by molar-refractivity contribution is 0.0746. The van der Waals surface area contributed by atoms with Crippen molar-refractivity contribution in [2.45, 2.75) is 12.5 Å². The molecule has 98 valence electrons. The Bertz CT molecular complexity index is 552. The van der Waals surface area contributed by atoms with Crippen LogP contribution >= 0.6 is 11.6 Å². The van der Waals surface area contributed by atoms with E-state index in [0.29, 0.717) is 23.4 Å². The Morgan fingerprint density at radius 1 is 1.05 bits per heavy atom. The Morgan fingerprint density at radius 3 is 2.37 bits per heavy atom. The van der Waals surface area contributed by atoms with Crippen LogP contribution in [0.15, 0.2) is 54.6 Å². The van der Waals surface area contributed by atoms with Gasteiger partial charge >= 0.3 is 0 Å². The zero-order valence-corrected chi connectivity index (χ0v) is 11.2. The lowest BCUT2D eigenvalue weighted by atomic mass is 9.95. The highest BCUT2D eigenvalue weighted by Crippen LogP contribution is 2.21. The number of hydrogen-bond donors (Lipinski definition) is 1. The minimum atomic E-state index is -1.13. The van der Waals surface area contributed by atoms with E-state index in [1.165, 1.54) is 0 Å². The standard InChI is InChI=1S/C16H15ClO2/c17-11-10-12-6-4-5-9-14(12)16(19)15(18)13-7-2-1-3-8-13/h1-9,15,18H,10-11H2. The predicted molar refractivity (Wildman–Crippen MR) is 76.6 cm³/mol. The molecule has 0 aliphatic rings. The fourth-order valence-corrected chi connectivity index (χ4v) is 2.22. The van der Waals surface area contributed by atoms with E-state index in [2.05, 4.69) is 0 Å². The number of rotatable bonds is 5. The Balaban J connectivity index is 2.29. The van der Waals surface area contributed by atoms with Crippen LogP contribution in [-0.2, 0) is 6.42 Å². The van der Waals surface area contributed by atoms with Gasteiger partial charge in [-0.05, 0) is 17.5 Å². The third kappa shape index (κ3) is 3.22. The summed E-state index contributed by atoms with van der Waals surface area (Å²) in [7, 11) is 0. The molecule has 0 aliphatic heterocycles. The van der Waals surface area contributed by atoms with Gasteiger partial charge in [0.15, 0.2) is 5.78 Å². The number of aryl methyl sites for hydroxylation is 1. The molecule has 0 saturated carbocycles. The average molecular weight is 275 g/mol. The molecule has 0 aromatic heterocycles. The number of alkyl halides is 1. The van der Waals surface area contributed by atoms with Crippen LogP contribution in [0.2, 0.25) is 0 Å². The third-order valence-corrected chi connectivity index (χ3v) is 3.20. The first kappa shape index (κ1) is 13.8. The van der Waals surface area contributed by atoms with Gasteiger partial charge < -0.3 is 5.11 Å². The van der Waals surface area contributed by atoms with Gasteiger partial charge in [-0.1, -0.05) is 54.6 Å². The van der Waals surface area contributed by atoms with Crippen LogP contribution in [0.5, 0.6) is 0 Å². The number of hydrogen-bond acceptors (Lipinski definition) is 2. The van der Waals surface area contributed by atoms with E-state index in [1.807, 2.05) is 18.2 Å². The molecular weight excluding hydrogens is 260 g/mol. The molecule has 2 nitrogen and oxygen atoms in total. The average Bonchev–Trinajstić information content (AvgIpc) is 2.47. The molecule has 0 heterocycles. The summed E-state index contributed by atoms with van der Waals surface area (Å²) in [6.07, 6.45) is -0.511. The second kappa shape index (κ2) is 6.50. The zero-order valence-electron chi connectivity index (χ0n) is 10.4. The molecule has 2 rings (SSSR count). The number of benzene rings is 2. The van der Waals surface area contributed by atoms with Gasteiger partial charge in [-0.3, -0.25) is 4.79 Å². The van der Waals surface area contributed by atoms with Gasteiger partial charge in [0.2, 0.25) is 0 Å². The highest BCUT2D eigenvalue weighted by molar-refractivity contribution is 6.18. The van der Waals surface area contributed by atoms with Gasteiger partial charge in [0.25, 0.3) is 0 Å². The molecule has 0 spiro atoms. The van der Waals surface area contributed by atoms with E-state index in [1.54, 1.807) is 36.4 Å². The molecule has 1 atom stereocenters. The van der Waals surface area contributed by atoms with Crippen LogP contribution in [-0.4, -0.2) is 16.8 Å². The molecule has 0 amide bonds. The normalized spacial score (nSPS) is 12.1. The zero-order chi connectivity index (χ0) is 13.7. The number of carbonyl (C=O) groups excluding carboxylic acids is 1. The first-order valence-electron chi connectivity index (χ1n) is 6.15. The Hall–Kier alpha value is -1.64. The van der Waals surface area contributed by atoms with Crippen molar-refractivity contribution >= 4 is 17.4 Å². The molecule has 0 bridgehead atoms. The molecule has 2 aromatic rings.